The lowest BCUT2D eigenvalue weighted by atomic mass is 10.2. The van der Waals surface area contributed by atoms with Crippen molar-refractivity contribution in [2.45, 2.75) is 6.54 Å². The second kappa shape index (κ2) is 5.64. The summed E-state index contributed by atoms with van der Waals surface area (Å²) < 4.78 is 1.90. The van der Waals surface area contributed by atoms with Crippen LogP contribution in [-0.2, 0) is 13.6 Å². The molecule has 3 aromatic rings. The summed E-state index contributed by atoms with van der Waals surface area (Å²) in [5, 5.41) is 14.1. The van der Waals surface area contributed by atoms with Gasteiger partial charge in [-0.1, -0.05) is 23.7 Å². The van der Waals surface area contributed by atoms with E-state index in [1.54, 1.807) is 17.7 Å². The number of aryl methyl sites for hydroxylation is 1. The summed E-state index contributed by atoms with van der Waals surface area (Å²) in [6, 6.07) is 10.1. The third-order valence-electron chi connectivity index (χ3n) is 2.92. The molecule has 0 atom stereocenters. The number of halogens is 1. The van der Waals surface area contributed by atoms with Gasteiger partial charge in [-0.2, -0.15) is 0 Å². The molecule has 2 aromatic heterocycles. The quantitative estimate of drug-likeness (QED) is 0.797. The maximum Gasteiger partial charge on any atom is 0.163 e. The van der Waals surface area contributed by atoms with E-state index in [4.69, 9.17) is 11.6 Å². The SMILES string of the molecule is Cn1cnnc1-c1cccc(NCc2cc(Cl)cs2)c1. The largest absolute Gasteiger partial charge is 0.380 e. The van der Waals surface area contributed by atoms with Gasteiger partial charge in [0, 0.05) is 35.1 Å². The van der Waals surface area contributed by atoms with Crippen LogP contribution < -0.4 is 5.32 Å². The summed E-state index contributed by atoms with van der Waals surface area (Å²) in [6.07, 6.45) is 1.70. The Balaban J connectivity index is 1.76. The molecular formula is C14H13ClN4S. The van der Waals surface area contributed by atoms with Crippen LogP contribution in [0.5, 0.6) is 0 Å². The molecule has 0 aliphatic rings. The lowest BCUT2D eigenvalue weighted by molar-refractivity contribution is 0.920. The molecule has 102 valence electrons. The van der Waals surface area contributed by atoms with E-state index < -0.39 is 0 Å². The number of benzene rings is 1. The van der Waals surface area contributed by atoms with E-state index >= 15 is 0 Å². The second-order valence-corrected chi connectivity index (χ2v) is 5.86. The van der Waals surface area contributed by atoms with E-state index in [1.165, 1.54) is 4.88 Å². The van der Waals surface area contributed by atoms with Crippen molar-refractivity contribution in [3.05, 3.63) is 51.9 Å². The molecule has 1 N–H and O–H groups in total. The molecular weight excluding hydrogens is 292 g/mol. The summed E-state index contributed by atoms with van der Waals surface area (Å²) in [7, 11) is 1.93. The number of nitrogens with one attached hydrogen (secondary N) is 1. The highest BCUT2D eigenvalue weighted by Crippen LogP contribution is 2.23. The lowest BCUT2D eigenvalue weighted by Gasteiger charge is -2.07. The molecule has 4 nitrogen and oxygen atoms in total. The van der Waals surface area contributed by atoms with Crippen LogP contribution in [0.1, 0.15) is 4.88 Å². The summed E-state index contributed by atoms with van der Waals surface area (Å²) in [5.41, 5.74) is 2.09. The van der Waals surface area contributed by atoms with Crippen molar-refractivity contribution in [2.75, 3.05) is 5.32 Å². The number of thiophene rings is 1. The minimum Gasteiger partial charge on any atom is -0.380 e. The Hall–Kier alpha value is -1.85. The van der Waals surface area contributed by atoms with E-state index in [2.05, 4.69) is 21.6 Å². The summed E-state index contributed by atoms with van der Waals surface area (Å²) >= 11 is 7.57. The van der Waals surface area contributed by atoms with Gasteiger partial charge in [0.05, 0.1) is 5.02 Å². The average Bonchev–Trinajstić information content (AvgIpc) is 3.05. The van der Waals surface area contributed by atoms with Gasteiger partial charge < -0.3 is 9.88 Å². The van der Waals surface area contributed by atoms with E-state index in [-0.39, 0.29) is 0 Å². The Bertz CT molecular complexity index is 719. The predicted molar refractivity (Wildman–Crippen MR) is 83.1 cm³/mol. The maximum atomic E-state index is 5.92. The van der Waals surface area contributed by atoms with E-state index in [1.807, 2.05) is 41.3 Å². The van der Waals surface area contributed by atoms with Gasteiger partial charge in [-0.25, -0.2) is 0 Å². The van der Waals surface area contributed by atoms with Gasteiger partial charge in [-0.15, -0.1) is 21.5 Å². The van der Waals surface area contributed by atoms with Crippen molar-refractivity contribution < 1.29 is 0 Å². The fourth-order valence-corrected chi connectivity index (χ4v) is 2.96. The van der Waals surface area contributed by atoms with Crippen molar-refractivity contribution in [3.8, 4) is 11.4 Å². The summed E-state index contributed by atoms with van der Waals surface area (Å²) in [5.74, 6) is 0.854. The summed E-state index contributed by atoms with van der Waals surface area (Å²) in [6.45, 7) is 0.764. The molecule has 0 fully saturated rings. The Morgan fingerprint density at radius 2 is 2.25 bits per heavy atom. The fourth-order valence-electron chi connectivity index (χ4n) is 1.95. The Labute approximate surface area is 126 Å². The minimum atomic E-state index is 0.764. The first kappa shape index (κ1) is 13.1. The average molecular weight is 305 g/mol. The second-order valence-electron chi connectivity index (χ2n) is 4.43. The van der Waals surface area contributed by atoms with Crippen LogP contribution in [-0.4, -0.2) is 14.8 Å². The Kier molecular flexibility index (Phi) is 3.71. The molecule has 0 aliphatic carbocycles. The molecule has 6 heteroatoms. The fraction of sp³-hybridized carbons (Fsp3) is 0.143. The first-order valence-corrected chi connectivity index (χ1v) is 7.39. The Morgan fingerprint density at radius 3 is 2.95 bits per heavy atom. The van der Waals surface area contributed by atoms with E-state index in [0.29, 0.717) is 0 Å². The third-order valence-corrected chi connectivity index (χ3v) is 4.20. The molecule has 0 aliphatic heterocycles. The van der Waals surface area contributed by atoms with Gasteiger partial charge in [0.25, 0.3) is 0 Å². The van der Waals surface area contributed by atoms with Gasteiger partial charge in [0.2, 0.25) is 0 Å². The van der Waals surface area contributed by atoms with Crippen LogP contribution in [0.3, 0.4) is 0 Å². The highest BCUT2D eigenvalue weighted by Gasteiger charge is 2.05. The van der Waals surface area contributed by atoms with Crippen LogP contribution in [0.2, 0.25) is 5.02 Å². The standard InChI is InChI=1S/C14H13ClN4S/c1-19-9-17-18-14(19)10-3-2-4-12(5-10)16-7-13-6-11(15)8-20-13/h2-6,8-9,16H,7H2,1H3. The van der Waals surface area contributed by atoms with Crippen LogP contribution in [0.4, 0.5) is 5.69 Å². The number of aromatic nitrogens is 3. The van der Waals surface area contributed by atoms with Crippen molar-refractivity contribution >= 4 is 28.6 Å². The lowest BCUT2D eigenvalue weighted by Crippen LogP contribution is -1.98. The van der Waals surface area contributed by atoms with Crippen molar-refractivity contribution in [3.63, 3.8) is 0 Å². The van der Waals surface area contributed by atoms with Crippen molar-refractivity contribution in [2.24, 2.45) is 7.05 Å². The van der Waals surface area contributed by atoms with Crippen molar-refractivity contribution in [1.82, 2.24) is 14.8 Å². The molecule has 0 unspecified atom stereocenters. The number of hydrogen-bond acceptors (Lipinski definition) is 4. The highest BCUT2D eigenvalue weighted by atomic mass is 35.5. The minimum absolute atomic E-state index is 0.764. The zero-order valence-corrected chi connectivity index (χ0v) is 12.4. The molecule has 1 aromatic carbocycles. The van der Waals surface area contributed by atoms with Gasteiger partial charge in [-0.05, 0) is 18.2 Å². The maximum absolute atomic E-state index is 5.92. The number of rotatable bonds is 4. The van der Waals surface area contributed by atoms with Crippen molar-refractivity contribution in [1.29, 1.82) is 0 Å². The third kappa shape index (κ3) is 2.84. The van der Waals surface area contributed by atoms with E-state index in [0.717, 1.165) is 28.6 Å². The van der Waals surface area contributed by atoms with Crippen LogP contribution in [0, 0.1) is 0 Å². The highest BCUT2D eigenvalue weighted by molar-refractivity contribution is 7.10. The van der Waals surface area contributed by atoms with Crippen LogP contribution >= 0.6 is 22.9 Å². The Morgan fingerprint density at radius 1 is 1.35 bits per heavy atom. The van der Waals surface area contributed by atoms with E-state index in [9.17, 15) is 0 Å². The molecule has 0 saturated heterocycles. The topological polar surface area (TPSA) is 42.7 Å². The smallest absolute Gasteiger partial charge is 0.163 e. The van der Waals surface area contributed by atoms with Gasteiger partial charge in [0.15, 0.2) is 5.82 Å². The number of nitrogens with zero attached hydrogens (tertiary/aromatic N) is 3. The number of anilines is 1. The first-order chi connectivity index (χ1) is 9.72. The molecule has 0 bridgehead atoms. The zero-order valence-electron chi connectivity index (χ0n) is 10.9. The summed E-state index contributed by atoms with van der Waals surface area (Å²) in [4.78, 5) is 1.21. The predicted octanol–water partition coefficient (Wildman–Crippen LogP) is 3.81. The van der Waals surface area contributed by atoms with Crippen LogP contribution in [0.15, 0.2) is 42.0 Å². The molecule has 3 rings (SSSR count). The molecule has 0 radical (unpaired) electrons. The molecule has 0 saturated carbocycles. The first-order valence-electron chi connectivity index (χ1n) is 6.13. The van der Waals surface area contributed by atoms with Gasteiger partial charge >= 0.3 is 0 Å². The van der Waals surface area contributed by atoms with Gasteiger partial charge in [-0.3, -0.25) is 0 Å². The van der Waals surface area contributed by atoms with Crippen LogP contribution in [0.25, 0.3) is 11.4 Å². The molecule has 20 heavy (non-hydrogen) atoms. The monoisotopic (exact) mass is 304 g/mol. The molecule has 2 heterocycles. The number of hydrogen-bond donors (Lipinski definition) is 1. The molecule has 0 spiro atoms. The van der Waals surface area contributed by atoms with Gasteiger partial charge in [0.1, 0.15) is 6.33 Å². The zero-order chi connectivity index (χ0) is 13.9. The molecule has 0 amide bonds. The normalized spacial score (nSPS) is 10.7.